The van der Waals surface area contributed by atoms with Crippen LogP contribution in [0.2, 0.25) is 4.34 Å². The van der Waals surface area contributed by atoms with Crippen molar-refractivity contribution >= 4 is 28.8 Å². The molecule has 1 fully saturated rings. The van der Waals surface area contributed by atoms with Crippen molar-refractivity contribution in [1.29, 1.82) is 0 Å². The third-order valence-electron chi connectivity index (χ3n) is 4.45. The number of hydrogen-bond donors (Lipinski definition) is 0. The molecule has 0 bridgehead atoms. The highest BCUT2D eigenvalue weighted by atomic mass is 35.5. The van der Waals surface area contributed by atoms with E-state index in [-0.39, 0.29) is 11.9 Å². The van der Waals surface area contributed by atoms with Gasteiger partial charge in [0.05, 0.1) is 28.5 Å². The van der Waals surface area contributed by atoms with Crippen molar-refractivity contribution in [3.8, 4) is 11.5 Å². The predicted molar refractivity (Wildman–Crippen MR) is 94.4 cm³/mol. The highest BCUT2D eigenvalue weighted by Gasteiger charge is 2.32. The number of thiophene rings is 1. The third kappa shape index (κ3) is 2.98. The maximum Gasteiger partial charge on any atom is 0.264 e. The Morgan fingerprint density at radius 3 is 2.75 bits per heavy atom. The summed E-state index contributed by atoms with van der Waals surface area (Å²) < 4.78 is 12.1. The Balaban J connectivity index is 1.61. The van der Waals surface area contributed by atoms with Crippen LogP contribution in [0.4, 0.5) is 0 Å². The second-order valence-electron chi connectivity index (χ2n) is 6.02. The molecule has 4 rings (SSSR count). The van der Waals surface area contributed by atoms with Gasteiger partial charge in [0.15, 0.2) is 11.5 Å². The average Bonchev–Trinajstić information content (AvgIpc) is 3.18. The van der Waals surface area contributed by atoms with Crippen LogP contribution in [0, 0.1) is 0 Å². The van der Waals surface area contributed by atoms with E-state index in [1.165, 1.54) is 11.3 Å². The molecule has 3 heterocycles. The van der Waals surface area contributed by atoms with E-state index < -0.39 is 0 Å². The lowest BCUT2D eigenvalue weighted by Gasteiger charge is -2.25. The van der Waals surface area contributed by atoms with Crippen LogP contribution in [-0.2, 0) is 0 Å². The van der Waals surface area contributed by atoms with Crippen LogP contribution in [-0.4, -0.2) is 30.6 Å². The van der Waals surface area contributed by atoms with E-state index in [0.717, 1.165) is 42.9 Å². The van der Waals surface area contributed by atoms with E-state index in [1.54, 1.807) is 12.1 Å². The van der Waals surface area contributed by atoms with Crippen molar-refractivity contribution in [3.63, 3.8) is 0 Å². The minimum absolute atomic E-state index is 0.0570. The molecular formula is C18H18ClNO3S. The van der Waals surface area contributed by atoms with Crippen molar-refractivity contribution < 1.29 is 14.3 Å². The molecule has 0 radical (unpaired) electrons. The SMILES string of the molecule is O=C(c1ccc(Cl)s1)N1CCCC1c1ccc2c(c1)OCCCO2. The number of ether oxygens (including phenoxy) is 2. The van der Waals surface area contributed by atoms with Crippen LogP contribution in [0.3, 0.4) is 0 Å². The van der Waals surface area contributed by atoms with Crippen LogP contribution in [0.25, 0.3) is 0 Å². The number of carbonyl (C=O) groups excluding carboxylic acids is 1. The Bertz CT molecular complexity index is 760. The predicted octanol–water partition coefficient (Wildman–Crippen LogP) is 4.54. The zero-order valence-electron chi connectivity index (χ0n) is 13.2. The van der Waals surface area contributed by atoms with Gasteiger partial charge in [-0.2, -0.15) is 0 Å². The molecule has 0 N–H and O–H groups in total. The highest BCUT2D eigenvalue weighted by molar-refractivity contribution is 7.17. The van der Waals surface area contributed by atoms with Gasteiger partial charge in [0.25, 0.3) is 5.91 Å². The third-order valence-corrected chi connectivity index (χ3v) is 5.67. The Hall–Kier alpha value is -1.72. The summed E-state index contributed by atoms with van der Waals surface area (Å²) in [7, 11) is 0. The van der Waals surface area contributed by atoms with Crippen LogP contribution in [0.15, 0.2) is 30.3 Å². The molecule has 0 spiro atoms. The fraction of sp³-hybridized carbons (Fsp3) is 0.389. The smallest absolute Gasteiger partial charge is 0.264 e. The molecule has 4 nitrogen and oxygen atoms in total. The van der Waals surface area contributed by atoms with Gasteiger partial charge in [-0.05, 0) is 42.7 Å². The van der Waals surface area contributed by atoms with E-state index in [2.05, 4.69) is 0 Å². The number of benzene rings is 1. The Morgan fingerprint density at radius 1 is 1.12 bits per heavy atom. The van der Waals surface area contributed by atoms with E-state index >= 15 is 0 Å². The zero-order valence-corrected chi connectivity index (χ0v) is 14.7. The second kappa shape index (κ2) is 6.65. The Kier molecular flexibility index (Phi) is 4.37. The molecule has 1 atom stereocenters. The van der Waals surface area contributed by atoms with Crippen molar-refractivity contribution in [1.82, 2.24) is 4.90 Å². The van der Waals surface area contributed by atoms with Gasteiger partial charge in [-0.15, -0.1) is 11.3 Å². The summed E-state index contributed by atoms with van der Waals surface area (Å²) in [5, 5.41) is 0. The number of amides is 1. The first-order valence-corrected chi connectivity index (χ1v) is 9.38. The van der Waals surface area contributed by atoms with Crippen molar-refractivity contribution in [2.75, 3.05) is 19.8 Å². The Labute approximate surface area is 149 Å². The van der Waals surface area contributed by atoms with Crippen LogP contribution >= 0.6 is 22.9 Å². The summed E-state index contributed by atoms with van der Waals surface area (Å²) >= 11 is 7.31. The fourth-order valence-electron chi connectivity index (χ4n) is 3.31. The lowest BCUT2D eigenvalue weighted by atomic mass is 10.0. The molecule has 6 heteroatoms. The molecule has 1 amide bonds. The van der Waals surface area contributed by atoms with Gasteiger partial charge in [0.2, 0.25) is 0 Å². The number of fused-ring (bicyclic) bond motifs is 1. The lowest BCUT2D eigenvalue weighted by molar-refractivity contribution is 0.0740. The average molecular weight is 364 g/mol. The number of likely N-dealkylation sites (tertiary alicyclic amines) is 1. The number of halogens is 1. The molecule has 1 unspecified atom stereocenters. The molecule has 0 aliphatic carbocycles. The van der Waals surface area contributed by atoms with Gasteiger partial charge in [-0.25, -0.2) is 0 Å². The van der Waals surface area contributed by atoms with Gasteiger partial charge < -0.3 is 14.4 Å². The lowest BCUT2D eigenvalue weighted by Crippen LogP contribution is -2.29. The van der Waals surface area contributed by atoms with E-state index in [9.17, 15) is 4.79 Å². The monoisotopic (exact) mass is 363 g/mol. The highest BCUT2D eigenvalue weighted by Crippen LogP contribution is 2.39. The molecular weight excluding hydrogens is 346 g/mol. The Morgan fingerprint density at radius 2 is 1.96 bits per heavy atom. The molecule has 1 aromatic carbocycles. The second-order valence-corrected chi connectivity index (χ2v) is 7.73. The molecule has 1 aromatic heterocycles. The van der Waals surface area contributed by atoms with Crippen LogP contribution < -0.4 is 9.47 Å². The fourth-order valence-corrected chi connectivity index (χ4v) is 4.31. The molecule has 2 aromatic rings. The summed E-state index contributed by atoms with van der Waals surface area (Å²) in [5.74, 6) is 1.63. The van der Waals surface area contributed by atoms with E-state index in [0.29, 0.717) is 22.4 Å². The first-order valence-electron chi connectivity index (χ1n) is 8.18. The van der Waals surface area contributed by atoms with Gasteiger partial charge in [-0.1, -0.05) is 17.7 Å². The maximum atomic E-state index is 12.8. The normalized spacial score (nSPS) is 20.0. The first-order chi connectivity index (χ1) is 11.7. The molecule has 0 saturated carbocycles. The number of hydrogen-bond acceptors (Lipinski definition) is 4. The summed E-state index contributed by atoms with van der Waals surface area (Å²) in [6.45, 7) is 2.12. The summed E-state index contributed by atoms with van der Waals surface area (Å²) in [4.78, 5) is 15.5. The molecule has 2 aliphatic rings. The summed E-state index contributed by atoms with van der Waals surface area (Å²) in [6, 6.07) is 9.69. The van der Waals surface area contributed by atoms with Gasteiger partial charge in [0.1, 0.15) is 0 Å². The topological polar surface area (TPSA) is 38.8 Å². The molecule has 2 aliphatic heterocycles. The summed E-state index contributed by atoms with van der Waals surface area (Å²) in [5.41, 5.74) is 1.10. The molecule has 1 saturated heterocycles. The van der Waals surface area contributed by atoms with E-state index in [1.807, 2.05) is 23.1 Å². The van der Waals surface area contributed by atoms with Crippen molar-refractivity contribution in [2.24, 2.45) is 0 Å². The standard InChI is InChI=1S/C18H18ClNO3S/c19-17-7-6-16(24-17)18(21)20-8-1-3-13(20)12-4-5-14-15(11-12)23-10-2-9-22-14/h4-7,11,13H,1-3,8-10H2. The quantitative estimate of drug-likeness (QED) is 0.786. The maximum absolute atomic E-state index is 12.8. The largest absolute Gasteiger partial charge is 0.490 e. The van der Waals surface area contributed by atoms with Gasteiger partial charge >= 0.3 is 0 Å². The number of nitrogens with zero attached hydrogens (tertiary/aromatic N) is 1. The zero-order chi connectivity index (χ0) is 16.5. The number of rotatable bonds is 2. The number of carbonyl (C=O) groups is 1. The van der Waals surface area contributed by atoms with Crippen LogP contribution in [0.1, 0.15) is 40.5 Å². The van der Waals surface area contributed by atoms with Crippen LogP contribution in [0.5, 0.6) is 11.5 Å². The van der Waals surface area contributed by atoms with Gasteiger partial charge in [0, 0.05) is 13.0 Å². The molecule has 24 heavy (non-hydrogen) atoms. The van der Waals surface area contributed by atoms with Crippen molar-refractivity contribution in [2.45, 2.75) is 25.3 Å². The minimum Gasteiger partial charge on any atom is -0.490 e. The van der Waals surface area contributed by atoms with E-state index in [4.69, 9.17) is 21.1 Å². The van der Waals surface area contributed by atoms with Crippen molar-refractivity contribution in [3.05, 3.63) is 45.1 Å². The first kappa shape index (κ1) is 15.8. The molecule has 126 valence electrons. The van der Waals surface area contributed by atoms with Gasteiger partial charge in [-0.3, -0.25) is 4.79 Å². The minimum atomic E-state index is 0.0570. The summed E-state index contributed by atoms with van der Waals surface area (Å²) in [6.07, 6.45) is 2.85.